The van der Waals surface area contributed by atoms with E-state index in [9.17, 15) is 4.39 Å². The van der Waals surface area contributed by atoms with Crippen LogP contribution in [0.2, 0.25) is 0 Å². The Morgan fingerprint density at radius 3 is 2.70 bits per heavy atom. The van der Waals surface area contributed by atoms with Gasteiger partial charge in [-0.15, -0.1) is 11.3 Å². The normalized spacial score (nSPS) is 11.6. The Kier molecular flexibility index (Phi) is 5.82. The summed E-state index contributed by atoms with van der Waals surface area (Å²) < 4.78 is 13.7. The van der Waals surface area contributed by atoms with Gasteiger partial charge in [-0.05, 0) is 62.1 Å². The van der Waals surface area contributed by atoms with Gasteiger partial charge in [0.05, 0.1) is 23.1 Å². The molecule has 6 aromatic rings. The molecule has 0 amide bonds. The molecule has 2 aromatic carbocycles. The highest BCUT2D eigenvalue weighted by molar-refractivity contribution is 7.14. The van der Waals surface area contributed by atoms with Crippen LogP contribution < -0.4 is 5.32 Å². The third-order valence-electron chi connectivity index (χ3n) is 6.22. The van der Waals surface area contributed by atoms with Gasteiger partial charge in [0.25, 0.3) is 0 Å². The largest absolute Gasteiger partial charge is 0.357 e. The Labute approximate surface area is 217 Å². The second kappa shape index (κ2) is 9.31. The first-order chi connectivity index (χ1) is 17.9. The number of thiophene rings is 1. The van der Waals surface area contributed by atoms with Crippen molar-refractivity contribution in [3.63, 3.8) is 0 Å². The Morgan fingerprint density at radius 2 is 1.89 bits per heavy atom. The minimum Gasteiger partial charge on any atom is -0.357 e. The van der Waals surface area contributed by atoms with Gasteiger partial charge in [0, 0.05) is 50.7 Å². The average Bonchev–Trinajstić information content (AvgIpc) is 3.60. The van der Waals surface area contributed by atoms with Crippen molar-refractivity contribution in [3.05, 3.63) is 90.5 Å². The van der Waals surface area contributed by atoms with Crippen molar-refractivity contribution < 1.29 is 4.39 Å². The molecular formula is C29H25FN6S. The molecule has 0 aliphatic rings. The van der Waals surface area contributed by atoms with Crippen molar-refractivity contribution in [2.45, 2.75) is 0 Å². The highest BCUT2D eigenvalue weighted by atomic mass is 32.1. The third kappa shape index (κ3) is 4.52. The Hall–Kier alpha value is -4.27. The van der Waals surface area contributed by atoms with E-state index in [-0.39, 0.29) is 5.13 Å². The molecule has 0 unspecified atom stereocenters. The van der Waals surface area contributed by atoms with Crippen molar-refractivity contribution in [1.29, 1.82) is 0 Å². The molecule has 0 atom stereocenters. The molecular weight excluding hydrogens is 483 g/mol. The Balaban J connectivity index is 1.38. The van der Waals surface area contributed by atoms with Crippen molar-refractivity contribution in [2.24, 2.45) is 0 Å². The number of anilines is 1. The number of nitrogens with one attached hydrogen (secondary N) is 3. The van der Waals surface area contributed by atoms with Gasteiger partial charge < -0.3 is 15.2 Å². The quantitative estimate of drug-likeness (QED) is 0.215. The van der Waals surface area contributed by atoms with Gasteiger partial charge in [-0.3, -0.25) is 10.1 Å². The summed E-state index contributed by atoms with van der Waals surface area (Å²) in [5.74, 6) is 0. The summed E-state index contributed by atoms with van der Waals surface area (Å²) in [6.45, 7) is 4.84. The number of aromatic amines is 2. The molecule has 6 rings (SSSR count). The highest BCUT2D eigenvalue weighted by Gasteiger charge is 2.15. The number of likely N-dealkylation sites (N-methyl/N-ethyl adjacent to an activating group) is 1. The monoisotopic (exact) mass is 508 g/mol. The van der Waals surface area contributed by atoms with E-state index in [1.54, 1.807) is 6.20 Å². The topological polar surface area (TPSA) is 72.6 Å². The summed E-state index contributed by atoms with van der Waals surface area (Å²) in [6.07, 6.45) is 3.66. The molecule has 184 valence electrons. The molecule has 37 heavy (non-hydrogen) atoms. The molecule has 0 saturated heterocycles. The van der Waals surface area contributed by atoms with Crippen LogP contribution in [0, 0.1) is 5.13 Å². The predicted molar refractivity (Wildman–Crippen MR) is 151 cm³/mol. The van der Waals surface area contributed by atoms with Gasteiger partial charge in [0.1, 0.15) is 5.69 Å². The fraction of sp³-hybridized carbons (Fsp3) is 0.103. The first kappa shape index (κ1) is 23.1. The van der Waals surface area contributed by atoms with E-state index in [1.165, 1.54) is 6.07 Å². The second-order valence-corrected chi connectivity index (χ2v) is 10.3. The Morgan fingerprint density at radius 1 is 1.00 bits per heavy atom. The van der Waals surface area contributed by atoms with Crippen LogP contribution in [-0.4, -0.2) is 45.7 Å². The lowest BCUT2D eigenvalue weighted by atomic mass is 10.0. The SMILES string of the molecule is C=C(CN(C)C)Nc1cncc(-c2ccc3[nH]nc(-c4cc5c(-c6ccc(F)s6)cccc5[nH]4)c3c2)c1. The number of benzene rings is 2. The lowest BCUT2D eigenvalue weighted by molar-refractivity contribution is 0.447. The van der Waals surface area contributed by atoms with Crippen molar-refractivity contribution in [3.8, 4) is 33.0 Å². The van der Waals surface area contributed by atoms with Crippen molar-refractivity contribution in [2.75, 3.05) is 26.0 Å². The summed E-state index contributed by atoms with van der Waals surface area (Å²) in [7, 11) is 4.02. The second-order valence-electron chi connectivity index (χ2n) is 9.31. The molecule has 8 heteroatoms. The zero-order valence-electron chi connectivity index (χ0n) is 20.5. The first-order valence-electron chi connectivity index (χ1n) is 11.9. The van der Waals surface area contributed by atoms with Gasteiger partial charge in [0.15, 0.2) is 5.13 Å². The van der Waals surface area contributed by atoms with E-state index >= 15 is 0 Å². The van der Waals surface area contributed by atoms with Crippen LogP contribution in [0.25, 0.3) is 54.8 Å². The number of halogens is 1. The van der Waals surface area contributed by atoms with Crippen LogP contribution in [0.4, 0.5) is 10.1 Å². The number of nitrogens with zero attached hydrogens (tertiary/aromatic N) is 3. The standard InChI is InChI=1S/C29H25FN6S/c1-17(16-36(2)3)32-20-11-19(14-31-15-20)18-7-8-25-23(12-18)29(35-34-25)26-13-22-21(5-4-6-24(22)33-26)27-9-10-28(30)37-27/h4-15,32-33H,1,16H2,2-3H3,(H,34,35). The minimum atomic E-state index is -0.190. The van der Waals surface area contributed by atoms with Crippen LogP contribution in [0.3, 0.4) is 0 Å². The summed E-state index contributed by atoms with van der Waals surface area (Å²) in [5.41, 5.74) is 8.49. The molecule has 0 fully saturated rings. The van der Waals surface area contributed by atoms with Crippen LogP contribution in [0.1, 0.15) is 0 Å². The van der Waals surface area contributed by atoms with Crippen LogP contribution >= 0.6 is 11.3 Å². The lowest BCUT2D eigenvalue weighted by Gasteiger charge is -2.14. The fourth-order valence-electron chi connectivity index (χ4n) is 4.65. The molecule has 3 N–H and O–H groups in total. The van der Waals surface area contributed by atoms with Crippen LogP contribution in [0.5, 0.6) is 0 Å². The van der Waals surface area contributed by atoms with E-state index < -0.39 is 0 Å². The van der Waals surface area contributed by atoms with Gasteiger partial charge in [-0.2, -0.15) is 9.49 Å². The predicted octanol–water partition coefficient (Wildman–Crippen LogP) is 7.13. The number of hydrogen-bond acceptors (Lipinski definition) is 5. The molecule has 0 bridgehead atoms. The van der Waals surface area contributed by atoms with Crippen LogP contribution in [-0.2, 0) is 0 Å². The number of rotatable bonds is 7. The summed E-state index contributed by atoms with van der Waals surface area (Å²) >= 11 is 1.15. The molecule has 4 aromatic heterocycles. The maximum Gasteiger partial charge on any atom is 0.176 e. The lowest BCUT2D eigenvalue weighted by Crippen LogP contribution is -2.18. The summed E-state index contributed by atoms with van der Waals surface area (Å²) in [5, 5.41) is 13.0. The molecule has 0 aliphatic heterocycles. The molecule has 0 radical (unpaired) electrons. The first-order valence-corrected chi connectivity index (χ1v) is 12.7. The number of aromatic nitrogens is 4. The summed E-state index contributed by atoms with van der Waals surface area (Å²) in [4.78, 5) is 10.9. The van der Waals surface area contributed by atoms with Gasteiger partial charge in [-0.1, -0.05) is 24.8 Å². The minimum absolute atomic E-state index is 0.190. The number of H-pyrrole nitrogens is 2. The summed E-state index contributed by atoms with van der Waals surface area (Å²) in [6, 6.07) is 19.8. The van der Waals surface area contributed by atoms with E-state index in [0.717, 1.165) is 84.0 Å². The fourth-order valence-corrected chi connectivity index (χ4v) is 5.42. The van der Waals surface area contributed by atoms with Gasteiger partial charge in [0.2, 0.25) is 0 Å². The highest BCUT2D eigenvalue weighted by Crippen LogP contribution is 2.37. The van der Waals surface area contributed by atoms with Crippen LogP contribution in [0.15, 0.2) is 85.3 Å². The van der Waals surface area contributed by atoms with Gasteiger partial charge >= 0.3 is 0 Å². The molecule has 0 spiro atoms. The van der Waals surface area contributed by atoms with Crippen molar-refractivity contribution in [1.82, 2.24) is 25.1 Å². The zero-order chi connectivity index (χ0) is 25.5. The van der Waals surface area contributed by atoms with Crippen molar-refractivity contribution >= 4 is 38.8 Å². The number of fused-ring (bicyclic) bond motifs is 2. The average molecular weight is 509 g/mol. The molecule has 6 nitrogen and oxygen atoms in total. The number of pyridine rings is 1. The smallest absolute Gasteiger partial charge is 0.176 e. The molecule has 0 aliphatic carbocycles. The number of hydrogen-bond donors (Lipinski definition) is 3. The maximum absolute atomic E-state index is 13.7. The van der Waals surface area contributed by atoms with E-state index in [2.05, 4.69) is 61.2 Å². The molecule has 0 saturated carbocycles. The maximum atomic E-state index is 13.7. The zero-order valence-corrected chi connectivity index (χ0v) is 21.3. The van der Waals surface area contributed by atoms with E-state index in [4.69, 9.17) is 0 Å². The third-order valence-corrected chi connectivity index (χ3v) is 7.13. The molecule has 4 heterocycles. The van der Waals surface area contributed by atoms with E-state index in [1.807, 2.05) is 50.6 Å². The Bertz CT molecular complexity index is 1760. The van der Waals surface area contributed by atoms with Gasteiger partial charge in [-0.25, -0.2) is 0 Å². The van der Waals surface area contributed by atoms with E-state index in [0.29, 0.717) is 0 Å².